The highest BCUT2D eigenvalue weighted by molar-refractivity contribution is 6.03. The van der Waals surface area contributed by atoms with E-state index in [1.54, 1.807) is 0 Å². The molecule has 2 nitrogen and oxygen atoms in total. The first-order valence-corrected chi connectivity index (χ1v) is 6.79. The molecule has 1 atom stereocenters. The third-order valence-corrected chi connectivity index (χ3v) is 3.89. The van der Waals surface area contributed by atoms with E-state index in [4.69, 9.17) is 0 Å². The average molecular weight is 252 g/mol. The van der Waals surface area contributed by atoms with E-state index in [-0.39, 0.29) is 17.5 Å². The lowest BCUT2D eigenvalue weighted by Crippen LogP contribution is -2.22. The molecule has 0 radical (unpaired) electrons. The summed E-state index contributed by atoms with van der Waals surface area (Å²) in [5, 5.41) is 2.22. The highest BCUT2D eigenvalue weighted by Crippen LogP contribution is 2.26. The van der Waals surface area contributed by atoms with Crippen LogP contribution in [0.1, 0.15) is 36.0 Å². The maximum absolute atomic E-state index is 12.4. The van der Waals surface area contributed by atoms with Crippen molar-refractivity contribution in [3.8, 4) is 0 Å². The van der Waals surface area contributed by atoms with Gasteiger partial charge < -0.3 is 0 Å². The van der Waals surface area contributed by atoms with Gasteiger partial charge in [0.15, 0.2) is 5.78 Å². The minimum Gasteiger partial charge on any atom is -0.300 e. The number of hydrogen-bond donors (Lipinski definition) is 0. The molecule has 96 valence electrons. The van der Waals surface area contributed by atoms with E-state index in [1.165, 1.54) is 0 Å². The summed E-state index contributed by atoms with van der Waals surface area (Å²) in [5.41, 5.74) is 0.735. The van der Waals surface area contributed by atoms with Crippen molar-refractivity contribution in [3.05, 3.63) is 48.0 Å². The molecular formula is C17H16O2. The van der Waals surface area contributed by atoms with E-state index in [1.807, 2.05) is 42.5 Å². The molecule has 0 N–H and O–H groups in total. The van der Waals surface area contributed by atoms with Crippen molar-refractivity contribution in [1.29, 1.82) is 0 Å². The van der Waals surface area contributed by atoms with Crippen LogP contribution in [0, 0.1) is 5.92 Å². The Labute approximate surface area is 112 Å². The zero-order valence-corrected chi connectivity index (χ0v) is 10.8. The molecule has 1 unspecified atom stereocenters. The van der Waals surface area contributed by atoms with Gasteiger partial charge in [-0.3, -0.25) is 9.59 Å². The van der Waals surface area contributed by atoms with E-state index in [0.29, 0.717) is 12.8 Å². The van der Waals surface area contributed by atoms with Crippen LogP contribution in [0.25, 0.3) is 10.8 Å². The van der Waals surface area contributed by atoms with Gasteiger partial charge in [-0.1, -0.05) is 36.4 Å². The molecule has 1 aliphatic carbocycles. The first-order chi connectivity index (χ1) is 9.24. The lowest BCUT2D eigenvalue weighted by atomic mass is 9.83. The molecule has 2 aromatic carbocycles. The number of carbonyl (C=O) groups excluding carboxylic acids is 2. The average Bonchev–Trinajstić information content (AvgIpc) is 2.46. The molecule has 1 aliphatic rings. The number of hydrogen-bond acceptors (Lipinski definition) is 2. The molecule has 1 saturated carbocycles. The molecule has 0 saturated heterocycles. The summed E-state index contributed by atoms with van der Waals surface area (Å²) in [5.74, 6) is 0.242. The molecule has 2 aromatic rings. The number of ketones is 2. The fourth-order valence-electron chi connectivity index (χ4n) is 2.83. The Kier molecular flexibility index (Phi) is 3.16. The molecule has 0 aromatic heterocycles. The second-order valence-corrected chi connectivity index (χ2v) is 5.26. The number of fused-ring (bicyclic) bond motifs is 1. The molecule has 0 amide bonds. The Hall–Kier alpha value is -1.96. The van der Waals surface area contributed by atoms with Crippen LogP contribution >= 0.6 is 0 Å². The minimum absolute atomic E-state index is 0.109. The van der Waals surface area contributed by atoms with Crippen LogP contribution in [0.15, 0.2) is 42.5 Å². The Balaban J connectivity index is 1.90. The molecule has 0 spiro atoms. The second-order valence-electron chi connectivity index (χ2n) is 5.26. The summed E-state index contributed by atoms with van der Waals surface area (Å²) in [6, 6.07) is 13.8. The number of carbonyl (C=O) groups is 2. The molecule has 0 bridgehead atoms. The maximum atomic E-state index is 12.4. The molecular weight excluding hydrogens is 236 g/mol. The van der Waals surface area contributed by atoms with Crippen molar-refractivity contribution in [1.82, 2.24) is 0 Å². The van der Waals surface area contributed by atoms with Crippen LogP contribution < -0.4 is 0 Å². The van der Waals surface area contributed by atoms with Crippen LogP contribution in [0.3, 0.4) is 0 Å². The highest BCUT2D eigenvalue weighted by Gasteiger charge is 2.26. The molecule has 2 heteroatoms. The Morgan fingerprint density at radius 2 is 1.84 bits per heavy atom. The van der Waals surface area contributed by atoms with E-state index in [2.05, 4.69) is 0 Å². The van der Waals surface area contributed by atoms with Gasteiger partial charge in [0.05, 0.1) is 0 Å². The Morgan fingerprint density at radius 1 is 1.05 bits per heavy atom. The summed E-state index contributed by atoms with van der Waals surface area (Å²) in [4.78, 5) is 23.9. The van der Waals surface area contributed by atoms with Crippen LogP contribution in [0.5, 0.6) is 0 Å². The van der Waals surface area contributed by atoms with Crippen molar-refractivity contribution in [2.24, 2.45) is 5.92 Å². The largest absolute Gasteiger partial charge is 0.300 e. The van der Waals surface area contributed by atoms with E-state index in [9.17, 15) is 9.59 Å². The second kappa shape index (κ2) is 4.96. The zero-order chi connectivity index (χ0) is 13.2. The van der Waals surface area contributed by atoms with Crippen LogP contribution in [-0.2, 0) is 4.79 Å². The van der Waals surface area contributed by atoms with Crippen molar-refractivity contribution >= 4 is 22.3 Å². The van der Waals surface area contributed by atoms with Crippen molar-refractivity contribution in [3.63, 3.8) is 0 Å². The molecule has 0 heterocycles. The van der Waals surface area contributed by atoms with Gasteiger partial charge in [-0.2, -0.15) is 0 Å². The van der Waals surface area contributed by atoms with Crippen molar-refractivity contribution in [2.45, 2.75) is 25.7 Å². The number of rotatable bonds is 2. The van der Waals surface area contributed by atoms with E-state index >= 15 is 0 Å². The first-order valence-electron chi connectivity index (χ1n) is 6.79. The lowest BCUT2D eigenvalue weighted by molar-refractivity contribution is -0.121. The first kappa shape index (κ1) is 12.1. The highest BCUT2D eigenvalue weighted by atomic mass is 16.1. The maximum Gasteiger partial charge on any atom is 0.166 e. The summed E-state index contributed by atoms with van der Waals surface area (Å²) in [6.07, 6.45) is 2.76. The summed E-state index contributed by atoms with van der Waals surface area (Å²) in [6.45, 7) is 0. The molecule has 0 aliphatic heterocycles. The SMILES string of the molecule is O=C1CCCC(C(=O)c2ccc3ccccc3c2)C1. The van der Waals surface area contributed by atoms with Gasteiger partial charge in [0.1, 0.15) is 5.78 Å². The Morgan fingerprint density at radius 3 is 2.63 bits per heavy atom. The third-order valence-electron chi connectivity index (χ3n) is 3.89. The fraction of sp³-hybridized carbons (Fsp3) is 0.294. The van der Waals surface area contributed by atoms with Crippen LogP contribution in [0.2, 0.25) is 0 Å². The quantitative estimate of drug-likeness (QED) is 0.762. The monoisotopic (exact) mass is 252 g/mol. The van der Waals surface area contributed by atoms with Gasteiger partial charge >= 0.3 is 0 Å². The van der Waals surface area contributed by atoms with Crippen LogP contribution in [-0.4, -0.2) is 11.6 Å². The molecule has 3 rings (SSSR count). The minimum atomic E-state index is -0.109. The van der Waals surface area contributed by atoms with Gasteiger partial charge in [0.25, 0.3) is 0 Å². The van der Waals surface area contributed by atoms with Crippen molar-refractivity contribution in [2.75, 3.05) is 0 Å². The Bertz CT molecular complexity index is 643. The number of Topliss-reactive ketones (excluding diaryl/α,β-unsaturated/α-hetero) is 2. The predicted molar refractivity (Wildman–Crippen MR) is 75.2 cm³/mol. The number of benzene rings is 2. The van der Waals surface area contributed by atoms with E-state index < -0.39 is 0 Å². The van der Waals surface area contributed by atoms with Gasteiger partial charge in [-0.05, 0) is 29.7 Å². The predicted octanol–water partition coefficient (Wildman–Crippen LogP) is 3.78. The van der Waals surface area contributed by atoms with Gasteiger partial charge in [-0.25, -0.2) is 0 Å². The summed E-state index contributed by atoms with van der Waals surface area (Å²) >= 11 is 0. The molecule has 19 heavy (non-hydrogen) atoms. The zero-order valence-electron chi connectivity index (χ0n) is 10.8. The fourth-order valence-corrected chi connectivity index (χ4v) is 2.83. The van der Waals surface area contributed by atoms with Gasteiger partial charge in [0.2, 0.25) is 0 Å². The topological polar surface area (TPSA) is 34.1 Å². The van der Waals surface area contributed by atoms with Gasteiger partial charge in [-0.15, -0.1) is 0 Å². The smallest absolute Gasteiger partial charge is 0.166 e. The van der Waals surface area contributed by atoms with Crippen LogP contribution in [0.4, 0.5) is 0 Å². The van der Waals surface area contributed by atoms with Crippen molar-refractivity contribution < 1.29 is 9.59 Å². The van der Waals surface area contributed by atoms with E-state index in [0.717, 1.165) is 29.2 Å². The normalized spacial score (nSPS) is 19.6. The molecule has 1 fully saturated rings. The van der Waals surface area contributed by atoms with Gasteiger partial charge in [0, 0.05) is 24.3 Å². The summed E-state index contributed by atoms with van der Waals surface area (Å²) < 4.78 is 0. The standard InChI is InChI=1S/C17H16O2/c18-16-7-3-6-14(11-16)17(19)15-9-8-12-4-1-2-5-13(12)10-15/h1-2,4-5,8-10,14H,3,6-7,11H2. The third kappa shape index (κ3) is 2.43. The lowest BCUT2D eigenvalue weighted by Gasteiger charge is -2.19. The summed E-state index contributed by atoms with van der Waals surface area (Å²) in [7, 11) is 0.